The van der Waals surface area contributed by atoms with Gasteiger partial charge in [-0.2, -0.15) is 0 Å². The van der Waals surface area contributed by atoms with Crippen molar-refractivity contribution >= 4 is 15.9 Å². The van der Waals surface area contributed by atoms with Gasteiger partial charge < -0.3 is 10.5 Å². The van der Waals surface area contributed by atoms with Crippen molar-refractivity contribution in [1.82, 2.24) is 0 Å². The standard InChI is InChI=1S/C12H16BrNO/c1-2-3-9-7-11(14)10-6-8(13)4-5-12(10)15-9/h4-6,9,11H,2-3,7,14H2,1H3/t9?,11-/m0/s1. The third kappa shape index (κ3) is 2.34. The van der Waals surface area contributed by atoms with Gasteiger partial charge in [0, 0.05) is 22.5 Å². The Morgan fingerprint density at radius 3 is 3.07 bits per heavy atom. The first-order valence-electron chi connectivity index (χ1n) is 5.42. The second-order valence-corrected chi connectivity index (χ2v) is 4.97. The maximum atomic E-state index is 6.14. The predicted molar refractivity (Wildman–Crippen MR) is 65.0 cm³/mol. The molecule has 2 nitrogen and oxygen atoms in total. The van der Waals surface area contributed by atoms with Crippen LogP contribution in [0.1, 0.15) is 37.8 Å². The summed E-state index contributed by atoms with van der Waals surface area (Å²) in [5.74, 6) is 0.954. The minimum Gasteiger partial charge on any atom is -0.490 e. The molecule has 1 aromatic carbocycles. The number of halogens is 1. The van der Waals surface area contributed by atoms with Gasteiger partial charge in [-0.15, -0.1) is 0 Å². The average molecular weight is 270 g/mol. The number of benzene rings is 1. The van der Waals surface area contributed by atoms with Gasteiger partial charge >= 0.3 is 0 Å². The van der Waals surface area contributed by atoms with E-state index in [0.29, 0.717) is 6.10 Å². The Morgan fingerprint density at radius 2 is 2.33 bits per heavy atom. The molecule has 0 aromatic heterocycles. The molecule has 0 bridgehead atoms. The SMILES string of the molecule is CCCC1C[C@H](N)c2cc(Br)ccc2O1. The number of hydrogen-bond donors (Lipinski definition) is 1. The summed E-state index contributed by atoms with van der Waals surface area (Å²) in [6, 6.07) is 6.17. The largest absolute Gasteiger partial charge is 0.490 e. The second kappa shape index (κ2) is 4.54. The Bertz CT molecular complexity index is 353. The third-order valence-electron chi connectivity index (χ3n) is 2.79. The Labute approximate surface area is 98.9 Å². The molecule has 2 rings (SSSR count). The van der Waals surface area contributed by atoms with Crippen LogP contribution >= 0.6 is 15.9 Å². The highest BCUT2D eigenvalue weighted by Gasteiger charge is 2.25. The molecule has 0 aliphatic carbocycles. The van der Waals surface area contributed by atoms with Crippen LogP contribution in [0, 0.1) is 0 Å². The molecule has 1 aromatic rings. The lowest BCUT2D eigenvalue weighted by Crippen LogP contribution is -2.29. The number of ether oxygens (including phenoxy) is 1. The molecule has 1 aliphatic heterocycles. The van der Waals surface area contributed by atoms with Crippen LogP contribution in [0.25, 0.3) is 0 Å². The van der Waals surface area contributed by atoms with Crippen molar-refractivity contribution in [2.45, 2.75) is 38.3 Å². The molecular weight excluding hydrogens is 254 g/mol. The van der Waals surface area contributed by atoms with Crippen molar-refractivity contribution < 1.29 is 4.74 Å². The lowest BCUT2D eigenvalue weighted by molar-refractivity contribution is 0.149. The summed E-state index contributed by atoms with van der Waals surface area (Å²) in [6.07, 6.45) is 3.45. The molecule has 1 aliphatic rings. The number of nitrogens with two attached hydrogens (primary N) is 1. The van der Waals surface area contributed by atoms with Crippen LogP contribution in [0.3, 0.4) is 0 Å². The molecule has 0 radical (unpaired) electrons. The van der Waals surface area contributed by atoms with Gasteiger partial charge in [0.05, 0.1) is 0 Å². The molecular formula is C12H16BrNO. The summed E-state index contributed by atoms with van der Waals surface area (Å²) in [6.45, 7) is 2.17. The molecule has 0 saturated carbocycles. The van der Waals surface area contributed by atoms with Gasteiger partial charge in [-0.05, 0) is 24.6 Å². The number of hydrogen-bond acceptors (Lipinski definition) is 2. The Hall–Kier alpha value is -0.540. The Morgan fingerprint density at radius 1 is 1.53 bits per heavy atom. The fraction of sp³-hybridized carbons (Fsp3) is 0.500. The van der Waals surface area contributed by atoms with Crippen LogP contribution in [0.15, 0.2) is 22.7 Å². The van der Waals surface area contributed by atoms with Gasteiger partial charge in [0.25, 0.3) is 0 Å². The topological polar surface area (TPSA) is 35.2 Å². The Kier molecular flexibility index (Phi) is 3.32. The monoisotopic (exact) mass is 269 g/mol. The lowest BCUT2D eigenvalue weighted by Gasteiger charge is -2.30. The van der Waals surface area contributed by atoms with Crippen LogP contribution in [-0.2, 0) is 0 Å². The van der Waals surface area contributed by atoms with E-state index in [1.54, 1.807) is 0 Å². The van der Waals surface area contributed by atoms with E-state index in [1.807, 2.05) is 12.1 Å². The van der Waals surface area contributed by atoms with Crippen molar-refractivity contribution in [3.63, 3.8) is 0 Å². The zero-order valence-corrected chi connectivity index (χ0v) is 10.5. The number of rotatable bonds is 2. The average Bonchev–Trinajstić information content (AvgIpc) is 2.20. The summed E-state index contributed by atoms with van der Waals surface area (Å²) >= 11 is 3.45. The highest BCUT2D eigenvalue weighted by atomic mass is 79.9. The molecule has 0 amide bonds. The molecule has 82 valence electrons. The van der Waals surface area contributed by atoms with Gasteiger partial charge in [-0.1, -0.05) is 29.3 Å². The van der Waals surface area contributed by atoms with Crippen LogP contribution in [0.4, 0.5) is 0 Å². The molecule has 0 saturated heterocycles. The highest BCUT2D eigenvalue weighted by molar-refractivity contribution is 9.10. The van der Waals surface area contributed by atoms with Crippen molar-refractivity contribution in [2.24, 2.45) is 5.73 Å². The fourth-order valence-electron chi connectivity index (χ4n) is 2.05. The minimum atomic E-state index is 0.114. The molecule has 1 unspecified atom stereocenters. The minimum absolute atomic E-state index is 0.114. The van der Waals surface area contributed by atoms with E-state index >= 15 is 0 Å². The maximum absolute atomic E-state index is 6.14. The predicted octanol–water partition coefficient (Wildman–Crippen LogP) is 3.40. The first-order chi connectivity index (χ1) is 7.20. The zero-order chi connectivity index (χ0) is 10.8. The molecule has 0 fully saturated rings. The summed E-state index contributed by atoms with van der Waals surface area (Å²) in [4.78, 5) is 0. The van der Waals surface area contributed by atoms with Gasteiger partial charge in [0.15, 0.2) is 0 Å². The molecule has 2 atom stereocenters. The van der Waals surface area contributed by atoms with E-state index in [1.165, 1.54) is 0 Å². The first-order valence-corrected chi connectivity index (χ1v) is 6.21. The van der Waals surface area contributed by atoms with E-state index in [2.05, 4.69) is 28.9 Å². The van der Waals surface area contributed by atoms with Gasteiger partial charge in [-0.3, -0.25) is 0 Å². The third-order valence-corrected chi connectivity index (χ3v) is 3.29. The van der Waals surface area contributed by atoms with E-state index in [0.717, 1.165) is 35.0 Å². The summed E-state index contributed by atoms with van der Waals surface area (Å²) in [5.41, 5.74) is 7.26. The van der Waals surface area contributed by atoms with Crippen LogP contribution in [0.2, 0.25) is 0 Å². The summed E-state index contributed by atoms with van der Waals surface area (Å²) < 4.78 is 6.96. The van der Waals surface area contributed by atoms with Crippen molar-refractivity contribution in [3.8, 4) is 5.75 Å². The smallest absolute Gasteiger partial charge is 0.124 e. The van der Waals surface area contributed by atoms with Crippen LogP contribution in [0.5, 0.6) is 5.75 Å². The van der Waals surface area contributed by atoms with Crippen LogP contribution in [-0.4, -0.2) is 6.10 Å². The zero-order valence-electron chi connectivity index (χ0n) is 8.87. The van der Waals surface area contributed by atoms with Gasteiger partial charge in [0.2, 0.25) is 0 Å². The maximum Gasteiger partial charge on any atom is 0.124 e. The first kappa shape index (κ1) is 11.0. The van der Waals surface area contributed by atoms with Gasteiger partial charge in [0.1, 0.15) is 11.9 Å². The fourth-order valence-corrected chi connectivity index (χ4v) is 2.43. The van der Waals surface area contributed by atoms with Crippen LogP contribution < -0.4 is 10.5 Å². The van der Waals surface area contributed by atoms with Crippen molar-refractivity contribution in [1.29, 1.82) is 0 Å². The Balaban J connectivity index is 2.24. The second-order valence-electron chi connectivity index (χ2n) is 4.05. The number of fused-ring (bicyclic) bond motifs is 1. The normalized spacial score (nSPS) is 24.5. The lowest BCUT2D eigenvalue weighted by atomic mass is 9.95. The van der Waals surface area contributed by atoms with E-state index < -0.39 is 0 Å². The van der Waals surface area contributed by atoms with Gasteiger partial charge in [-0.25, -0.2) is 0 Å². The van der Waals surface area contributed by atoms with E-state index in [4.69, 9.17) is 10.5 Å². The summed E-state index contributed by atoms with van der Waals surface area (Å²) in [7, 11) is 0. The molecule has 3 heteroatoms. The van der Waals surface area contributed by atoms with E-state index in [9.17, 15) is 0 Å². The highest BCUT2D eigenvalue weighted by Crippen LogP contribution is 2.36. The quantitative estimate of drug-likeness (QED) is 0.893. The molecule has 15 heavy (non-hydrogen) atoms. The van der Waals surface area contributed by atoms with Crippen molar-refractivity contribution in [2.75, 3.05) is 0 Å². The summed E-state index contributed by atoms with van der Waals surface area (Å²) in [5, 5.41) is 0. The molecule has 1 heterocycles. The van der Waals surface area contributed by atoms with Crippen molar-refractivity contribution in [3.05, 3.63) is 28.2 Å². The molecule has 2 N–H and O–H groups in total. The van der Waals surface area contributed by atoms with E-state index in [-0.39, 0.29) is 6.04 Å². The molecule has 0 spiro atoms.